The molecule has 2 aromatic heterocycles. The van der Waals surface area contributed by atoms with Crippen molar-refractivity contribution < 1.29 is 0 Å². The molecule has 3 aromatic rings. The molecule has 1 saturated heterocycles. The van der Waals surface area contributed by atoms with Gasteiger partial charge in [-0.2, -0.15) is 0 Å². The Balaban J connectivity index is 1.23. The zero-order valence-corrected chi connectivity index (χ0v) is 17.0. The van der Waals surface area contributed by atoms with Crippen molar-refractivity contribution in [1.29, 1.82) is 0 Å². The lowest BCUT2D eigenvalue weighted by molar-refractivity contribution is 0.331. The van der Waals surface area contributed by atoms with Crippen LogP contribution in [-0.2, 0) is 19.5 Å². The standard InChI is InChI=1S/C22H29N7/c1-23-22(24-12-11-21-27-26-20-6-2-3-15-29(20)21)25-16-18-7-9-19(10-8-18)17-28-13-4-5-14-28/h2-3,6-10,15H,4-5,11-14,16-17H2,1H3,(H2,23,24,25). The van der Waals surface area contributed by atoms with Crippen LogP contribution in [0.15, 0.2) is 53.7 Å². The molecule has 0 unspecified atom stereocenters. The number of fused-ring (bicyclic) bond motifs is 1. The Morgan fingerprint density at radius 1 is 1.00 bits per heavy atom. The first kappa shape index (κ1) is 19.4. The van der Waals surface area contributed by atoms with Gasteiger partial charge >= 0.3 is 0 Å². The molecule has 1 aromatic carbocycles. The van der Waals surface area contributed by atoms with Crippen molar-refractivity contribution in [1.82, 2.24) is 30.1 Å². The van der Waals surface area contributed by atoms with Crippen molar-refractivity contribution in [2.45, 2.75) is 32.4 Å². The third kappa shape index (κ3) is 5.12. The van der Waals surface area contributed by atoms with E-state index in [-0.39, 0.29) is 0 Å². The number of hydrogen-bond donors (Lipinski definition) is 2. The van der Waals surface area contributed by atoms with Gasteiger partial charge in [0.15, 0.2) is 11.6 Å². The largest absolute Gasteiger partial charge is 0.356 e. The Morgan fingerprint density at radius 3 is 2.59 bits per heavy atom. The van der Waals surface area contributed by atoms with Gasteiger partial charge in [0, 0.05) is 39.3 Å². The molecule has 1 aliphatic heterocycles. The van der Waals surface area contributed by atoms with Crippen molar-refractivity contribution in [2.75, 3.05) is 26.7 Å². The van der Waals surface area contributed by atoms with Gasteiger partial charge in [-0.15, -0.1) is 10.2 Å². The average molecular weight is 392 g/mol. The fourth-order valence-corrected chi connectivity index (χ4v) is 3.72. The maximum Gasteiger partial charge on any atom is 0.191 e. The Labute approximate surface area is 171 Å². The van der Waals surface area contributed by atoms with Crippen molar-refractivity contribution in [3.63, 3.8) is 0 Å². The van der Waals surface area contributed by atoms with Crippen molar-refractivity contribution >= 4 is 11.6 Å². The summed E-state index contributed by atoms with van der Waals surface area (Å²) in [7, 11) is 1.79. The summed E-state index contributed by atoms with van der Waals surface area (Å²) < 4.78 is 2.02. The van der Waals surface area contributed by atoms with E-state index in [9.17, 15) is 0 Å². The minimum Gasteiger partial charge on any atom is -0.356 e. The maximum atomic E-state index is 4.32. The van der Waals surface area contributed by atoms with Gasteiger partial charge in [0.05, 0.1) is 0 Å². The summed E-state index contributed by atoms with van der Waals surface area (Å²) in [5.41, 5.74) is 3.51. The van der Waals surface area contributed by atoms with Crippen molar-refractivity contribution in [3.05, 3.63) is 65.6 Å². The second kappa shape index (κ2) is 9.52. The highest BCUT2D eigenvalue weighted by Crippen LogP contribution is 2.13. The summed E-state index contributed by atoms with van der Waals surface area (Å²) in [5.74, 6) is 1.73. The number of hydrogen-bond acceptors (Lipinski definition) is 4. The molecule has 29 heavy (non-hydrogen) atoms. The molecular weight excluding hydrogens is 362 g/mol. The molecule has 3 heterocycles. The smallest absolute Gasteiger partial charge is 0.191 e. The minimum atomic E-state index is 0.740. The molecule has 7 heteroatoms. The number of nitrogens with zero attached hydrogens (tertiary/aromatic N) is 5. The van der Waals surface area contributed by atoms with Crippen LogP contribution in [0.5, 0.6) is 0 Å². The molecule has 0 amide bonds. The zero-order valence-electron chi connectivity index (χ0n) is 17.0. The second-order valence-electron chi connectivity index (χ2n) is 7.45. The Kier molecular flexibility index (Phi) is 6.36. The quantitative estimate of drug-likeness (QED) is 0.477. The molecule has 0 bridgehead atoms. The summed E-state index contributed by atoms with van der Waals surface area (Å²) in [5, 5.41) is 15.2. The van der Waals surface area contributed by atoms with Gasteiger partial charge in [-0.3, -0.25) is 14.3 Å². The molecule has 0 aliphatic carbocycles. The highest BCUT2D eigenvalue weighted by Gasteiger charge is 2.11. The summed E-state index contributed by atoms with van der Waals surface area (Å²) in [6, 6.07) is 14.8. The van der Waals surface area contributed by atoms with E-state index in [4.69, 9.17) is 0 Å². The molecule has 4 rings (SSSR count). The Hall–Kier alpha value is -2.93. The zero-order chi connectivity index (χ0) is 19.9. The summed E-state index contributed by atoms with van der Waals surface area (Å²) >= 11 is 0. The fraction of sp³-hybridized carbons (Fsp3) is 0.409. The van der Waals surface area contributed by atoms with E-state index in [1.165, 1.54) is 37.1 Å². The Morgan fingerprint density at radius 2 is 1.79 bits per heavy atom. The molecule has 7 nitrogen and oxygen atoms in total. The van der Waals surface area contributed by atoms with Gasteiger partial charge in [-0.25, -0.2) is 0 Å². The topological polar surface area (TPSA) is 69.8 Å². The molecule has 0 spiro atoms. The van der Waals surface area contributed by atoms with Crippen LogP contribution in [0.4, 0.5) is 0 Å². The number of aliphatic imine (C=N–C) groups is 1. The fourth-order valence-electron chi connectivity index (χ4n) is 3.72. The number of rotatable bonds is 7. The molecule has 1 aliphatic rings. The first-order valence-electron chi connectivity index (χ1n) is 10.3. The van der Waals surface area contributed by atoms with Gasteiger partial charge in [0.2, 0.25) is 0 Å². The van der Waals surface area contributed by atoms with E-state index in [2.05, 4.69) is 55.0 Å². The van der Waals surface area contributed by atoms with E-state index in [0.717, 1.165) is 43.5 Å². The van der Waals surface area contributed by atoms with Crippen molar-refractivity contribution in [3.8, 4) is 0 Å². The van der Waals surface area contributed by atoms with E-state index < -0.39 is 0 Å². The highest BCUT2D eigenvalue weighted by atomic mass is 15.2. The number of likely N-dealkylation sites (tertiary alicyclic amines) is 1. The number of benzene rings is 1. The first-order chi connectivity index (χ1) is 14.3. The third-order valence-corrected chi connectivity index (χ3v) is 5.34. The highest BCUT2D eigenvalue weighted by molar-refractivity contribution is 5.79. The monoisotopic (exact) mass is 391 g/mol. The second-order valence-corrected chi connectivity index (χ2v) is 7.45. The van der Waals surface area contributed by atoms with Gasteiger partial charge in [-0.05, 0) is 49.2 Å². The van der Waals surface area contributed by atoms with E-state index in [1.807, 2.05) is 28.8 Å². The van der Waals surface area contributed by atoms with Crippen LogP contribution in [-0.4, -0.2) is 52.1 Å². The van der Waals surface area contributed by atoms with E-state index in [0.29, 0.717) is 0 Å². The number of aromatic nitrogens is 3. The lowest BCUT2D eigenvalue weighted by atomic mass is 10.1. The SMILES string of the molecule is CN=C(NCCc1nnc2ccccn12)NCc1ccc(CN2CCCC2)cc1. The molecule has 152 valence electrons. The lowest BCUT2D eigenvalue weighted by Crippen LogP contribution is -2.38. The van der Waals surface area contributed by atoms with Crippen LogP contribution < -0.4 is 10.6 Å². The summed E-state index contributed by atoms with van der Waals surface area (Å²) in [6.45, 7) is 5.02. The van der Waals surface area contributed by atoms with Crippen LogP contribution in [0.3, 0.4) is 0 Å². The molecule has 0 radical (unpaired) electrons. The van der Waals surface area contributed by atoms with E-state index >= 15 is 0 Å². The van der Waals surface area contributed by atoms with Crippen LogP contribution in [0.2, 0.25) is 0 Å². The van der Waals surface area contributed by atoms with Crippen LogP contribution in [0, 0.1) is 0 Å². The molecule has 0 saturated carbocycles. The number of nitrogens with one attached hydrogen (secondary N) is 2. The minimum absolute atomic E-state index is 0.740. The molecule has 0 atom stereocenters. The summed E-state index contributed by atoms with van der Waals surface area (Å²) in [6.07, 6.45) is 5.44. The van der Waals surface area contributed by atoms with Crippen molar-refractivity contribution in [2.24, 2.45) is 4.99 Å². The first-order valence-corrected chi connectivity index (χ1v) is 10.3. The number of guanidine groups is 1. The molecule has 1 fully saturated rings. The van der Waals surface area contributed by atoms with Crippen LogP contribution >= 0.6 is 0 Å². The van der Waals surface area contributed by atoms with Gasteiger partial charge < -0.3 is 10.6 Å². The average Bonchev–Trinajstić information content (AvgIpc) is 3.42. The van der Waals surface area contributed by atoms with Gasteiger partial charge in [0.25, 0.3) is 0 Å². The van der Waals surface area contributed by atoms with Gasteiger partial charge in [-0.1, -0.05) is 30.3 Å². The third-order valence-electron chi connectivity index (χ3n) is 5.34. The normalized spacial score (nSPS) is 15.1. The predicted octanol–water partition coefficient (Wildman–Crippen LogP) is 2.23. The predicted molar refractivity (Wildman–Crippen MR) is 116 cm³/mol. The maximum absolute atomic E-state index is 4.32. The molecular formula is C22H29N7. The Bertz CT molecular complexity index is 939. The number of pyridine rings is 1. The van der Waals surface area contributed by atoms with Crippen LogP contribution in [0.25, 0.3) is 5.65 Å². The van der Waals surface area contributed by atoms with Crippen LogP contribution in [0.1, 0.15) is 29.8 Å². The molecule has 2 N–H and O–H groups in total. The summed E-state index contributed by atoms with van der Waals surface area (Å²) in [4.78, 5) is 6.84. The lowest BCUT2D eigenvalue weighted by Gasteiger charge is -2.15. The van der Waals surface area contributed by atoms with E-state index in [1.54, 1.807) is 7.05 Å². The van der Waals surface area contributed by atoms with Gasteiger partial charge in [0.1, 0.15) is 5.82 Å².